The van der Waals surface area contributed by atoms with Gasteiger partial charge in [-0.15, -0.1) is 0 Å². The van der Waals surface area contributed by atoms with Crippen LogP contribution in [0.2, 0.25) is 0 Å². The van der Waals surface area contributed by atoms with Gasteiger partial charge < -0.3 is 5.32 Å². The molecule has 2 aliphatic rings. The number of imide groups is 1. The van der Waals surface area contributed by atoms with Gasteiger partial charge in [-0.05, 0) is 57.6 Å². The summed E-state index contributed by atoms with van der Waals surface area (Å²) in [5.74, 6) is -0.394. The largest absolute Gasteiger partial charge is 0.326 e. The van der Waals surface area contributed by atoms with Crippen molar-refractivity contribution >= 4 is 18.0 Å². The fourth-order valence-corrected chi connectivity index (χ4v) is 4.79. The summed E-state index contributed by atoms with van der Waals surface area (Å²) < 4.78 is 0. The van der Waals surface area contributed by atoms with Crippen molar-refractivity contribution in [2.24, 2.45) is 0 Å². The molecule has 162 valence electrons. The Kier molecular flexibility index (Phi) is 4.88. The Morgan fingerprint density at radius 3 is 1.97 bits per heavy atom. The molecule has 1 fully saturated rings. The highest BCUT2D eigenvalue weighted by Crippen LogP contribution is 2.47. The van der Waals surface area contributed by atoms with Gasteiger partial charge in [0.25, 0.3) is 5.91 Å². The smallest absolute Gasteiger partial charge is 0.303 e. The van der Waals surface area contributed by atoms with E-state index in [2.05, 4.69) is 82.5 Å². The van der Waals surface area contributed by atoms with Crippen LogP contribution in [0.1, 0.15) is 82.2 Å². The normalized spacial score (nSPS) is 20.9. The van der Waals surface area contributed by atoms with Crippen LogP contribution in [0.3, 0.4) is 0 Å². The molecular weight excluding hydrogens is 384 g/mol. The van der Waals surface area contributed by atoms with E-state index in [4.69, 9.17) is 0 Å². The molecule has 31 heavy (non-hydrogen) atoms. The van der Waals surface area contributed by atoms with E-state index in [1.807, 2.05) is 12.1 Å². The Bertz CT molecular complexity index is 1090. The third-order valence-corrected chi connectivity index (χ3v) is 7.24. The van der Waals surface area contributed by atoms with Crippen LogP contribution in [-0.4, -0.2) is 11.9 Å². The summed E-state index contributed by atoms with van der Waals surface area (Å²) >= 11 is 0. The van der Waals surface area contributed by atoms with Crippen molar-refractivity contribution in [1.29, 1.82) is 0 Å². The van der Waals surface area contributed by atoms with Crippen molar-refractivity contribution in [3.05, 3.63) is 76.0 Å². The minimum Gasteiger partial charge on any atom is -0.303 e. The van der Waals surface area contributed by atoms with E-state index in [1.165, 1.54) is 35.1 Å². The van der Waals surface area contributed by atoms with Crippen LogP contribution in [0, 0.1) is 0 Å². The van der Waals surface area contributed by atoms with E-state index < -0.39 is 11.9 Å². The number of hydrogen-bond donors (Lipinski definition) is 2. The van der Waals surface area contributed by atoms with Crippen LogP contribution < -0.4 is 10.6 Å². The quantitative estimate of drug-likeness (QED) is 0.510. The lowest BCUT2D eigenvalue weighted by Gasteiger charge is -2.43. The summed E-state index contributed by atoms with van der Waals surface area (Å²) in [5.41, 5.74) is 6.85. The maximum absolute atomic E-state index is 11.8. The van der Waals surface area contributed by atoms with Gasteiger partial charge >= 0.3 is 6.03 Å². The monoisotopic (exact) mass is 416 g/mol. The highest BCUT2D eigenvalue weighted by atomic mass is 16.2. The van der Waals surface area contributed by atoms with E-state index in [0.717, 1.165) is 5.56 Å². The number of urea groups is 1. The third-order valence-electron chi connectivity index (χ3n) is 7.24. The average Bonchev–Trinajstić information content (AvgIpc) is 3.02. The minimum absolute atomic E-state index is 0.155. The highest BCUT2D eigenvalue weighted by molar-refractivity contribution is 6.13. The van der Waals surface area contributed by atoms with E-state index in [1.54, 1.807) is 6.08 Å². The van der Waals surface area contributed by atoms with E-state index >= 15 is 0 Å². The van der Waals surface area contributed by atoms with E-state index in [-0.39, 0.29) is 21.9 Å². The van der Waals surface area contributed by atoms with Gasteiger partial charge in [-0.1, -0.05) is 84.0 Å². The molecule has 2 aromatic rings. The Hall–Kier alpha value is -2.88. The number of hydrogen-bond acceptors (Lipinski definition) is 2. The summed E-state index contributed by atoms with van der Waals surface area (Å²) in [5, 5.41) is 4.75. The van der Waals surface area contributed by atoms with Gasteiger partial charge in [-0.3, -0.25) is 10.1 Å². The molecule has 1 saturated heterocycles. The first kappa shape index (κ1) is 21.4. The van der Waals surface area contributed by atoms with Crippen molar-refractivity contribution in [3.63, 3.8) is 0 Å². The van der Waals surface area contributed by atoms with Gasteiger partial charge in [0.1, 0.15) is 5.70 Å². The Balaban J connectivity index is 1.67. The fraction of sp³-hybridized carbons (Fsp3) is 0.407. The maximum Gasteiger partial charge on any atom is 0.326 e. The molecule has 0 atom stereocenters. The number of rotatable bonds is 3. The van der Waals surface area contributed by atoms with Crippen LogP contribution >= 0.6 is 0 Å². The molecule has 0 saturated carbocycles. The van der Waals surface area contributed by atoms with E-state index in [9.17, 15) is 9.59 Å². The predicted octanol–water partition coefficient (Wildman–Crippen LogP) is 5.54. The molecule has 0 aromatic heterocycles. The summed E-state index contributed by atoms with van der Waals surface area (Å²) in [6, 6.07) is 14.8. The van der Waals surface area contributed by atoms with Crippen LogP contribution in [0.15, 0.2) is 48.2 Å². The summed E-state index contributed by atoms with van der Waals surface area (Å²) in [7, 11) is 0. The third kappa shape index (κ3) is 3.80. The summed E-state index contributed by atoms with van der Waals surface area (Å²) in [6.45, 7) is 13.9. The van der Waals surface area contributed by atoms with Crippen LogP contribution in [0.5, 0.6) is 0 Å². The minimum atomic E-state index is -0.479. The maximum atomic E-state index is 11.8. The molecule has 0 spiro atoms. The van der Waals surface area contributed by atoms with Crippen molar-refractivity contribution in [2.45, 2.75) is 70.6 Å². The molecule has 4 nitrogen and oxygen atoms in total. The van der Waals surface area contributed by atoms with Gasteiger partial charge in [0.2, 0.25) is 0 Å². The van der Waals surface area contributed by atoms with Crippen molar-refractivity contribution in [3.8, 4) is 0 Å². The first-order valence-electron chi connectivity index (χ1n) is 11.0. The molecule has 3 amide bonds. The molecule has 0 radical (unpaired) electrons. The number of amides is 3. The molecular formula is C27H32N2O2. The second-order valence-corrected chi connectivity index (χ2v) is 10.7. The molecule has 0 unspecified atom stereocenters. The molecule has 2 N–H and O–H groups in total. The Morgan fingerprint density at radius 1 is 0.806 bits per heavy atom. The zero-order valence-electron chi connectivity index (χ0n) is 19.3. The Labute approximate surface area is 185 Å². The lowest BCUT2D eigenvalue weighted by atomic mass is 9.62. The SMILES string of the molecule is CC1(C)CCC(C)(C)c2cc(C(C)(C)c3ccc(C=C4NC(=O)NC4=O)cc3)ccc21. The second kappa shape index (κ2) is 7.08. The lowest BCUT2D eigenvalue weighted by Crippen LogP contribution is -2.34. The van der Waals surface area contributed by atoms with Gasteiger partial charge in [-0.2, -0.15) is 0 Å². The van der Waals surface area contributed by atoms with Gasteiger partial charge in [0, 0.05) is 5.41 Å². The van der Waals surface area contributed by atoms with Crippen LogP contribution in [-0.2, 0) is 21.0 Å². The van der Waals surface area contributed by atoms with Crippen LogP contribution in [0.25, 0.3) is 6.08 Å². The first-order valence-corrected chi connectivity index (χ1v) is 11.0. The molecule has 0 bridgehead atoms. The van der Waals surface area contributed by atoms with Crippen molar-refractivity contribution in [2.75, 3.05) is 0 Å². The van der Waals surface area contributed by atoms with Crippen molar-refractivity contribution < 1.29 is 9.59 Å². The molecule has 4 rings (SSSR count). The topological polar surface area (TPSA) is 58.2 Å². The van der Waals surface area contributed by atoms with Gasteiger partial charge in [0.15, 0.2) is 0 Å². The fourth-order valence-electron chi connectivity index (χ4n) is 4.79. The number of benzene rings is 2. The zero-order chi connectivity index (χ0) is 22.6. The number of carbonyl (C=O) groups excluding carboxylic acids is 2. The predicted molar refractivity (Wildman–Crippen MR) is 125 cm³/mol. The molecule has 1 aliphatic carbocycles. The van der Waals surface area contributed by atoms with Gasteiger partial charge in [-0.25, -0.2) is 4.79 Å². The molecule has 2 aromatic carbocycles. The zero-order valence-corrected chi connectivity index (χ0v) is 19.3. The van der Waals surface area contributed by atoms with Crippen LogP contribution in [0.4, 0.5) is 4.79 Å². The Morgan fingerprint density at radius 2 is 1.39 bits per heavy atom. The average molecular weight is 417 g/mol. The van der Waals surface area contributed by atoms with Gasteiger partial charge in [0.05, 0.1) is 0 Å². The van der Waals surface area contributed by atoms with E-state index in [0.29, 0.717) is 0 Å². The summed E-state index contributed by atoms with van der Waals surface area (Å²) in [4.78, 5) is 23.1. The molecule has 1 aliphatic heterocycles. The standard InChI is InChI=1S/C27H32N2O2/c1-25(2)13-14-26(3,4)21-16-19(11-12-20(21)25)27(5,6)18-9-7-17(8-10-18)15-22-23(30)29-24(31)28-22/h7-12,15-16H,13-14H2,1-6H3,(H2,28,29,30,31). The highest BCUT2D eigenvalue weighted by Gasteiger charge is 2.38. The second-order valence-electron chi connectivity index (χ2n) is 10.7. The molecule has 1 heterocycles. The lowest BCUT2D eigenvalue weighted by molar-refractivity contribution is -0.115. The number of fused-ring (bicyclic) bond motifs is 1. The van der Waals surface area contributed by atoms with Crippen molar-refractivity contribution in [1.82, 2.24) is 10.6 Å². The summed E-state index contributed by atoms with van der Waals surface area (Å²) in [6.07, 6.45) is 4.11. The first-order chi connectivity index (χ1) is 14.4. The molecule has 4 heteroatoms. The number of nitrogens with one attached hydrogen (secondary N) is 2. The number of carbonyl (C=O) groups is 2.